The van der Waals surface area contributed by atoms with Gasteiger partial charge in [0.15, 0.2) is 0 Å². The van der Waals surface area contributed by atoms with Crippen LogP contribution in [0.25, 0.3) is 0 Å². The van der Waals surface area contributed by atoms with E-state index in [1.807, 2.05) is 30.3 Å². The van der Waals surface area contributed by atoms with Crippen molar-refractivity contribution in [2.75, 3.05) is 6.54 Å². The average molecular weight is 288 g/mol. The van der Waals surface area contributed by atoms with Crippen molar-refractivity contribution in [3.05, 3.63) is 35.9 Å². The minimum absolute atomic E-state index is 0.0115. The molecule has 0 bridgehead atoms. The van der Waals surface area contributed by atoms with Crippen molar-refractivity contribution in [1.29, 1.82) is 0 Å². The number of piperidine rings is 1. The van der Waals surface area contributed by atoms with Gasteiger partial charge in [0.1, 0.15) is 0 Å². The first kappa shape index (κ1) is 14.5. The predicted octanol–water partition coefficient (Wildman–Crippen LogP) is 2.40. The van der Waals surface area contributed by atoms with Crippen molar-refractivity contribution in [1.82, 2.24) is 10.8 Å². The fraction of sp³-hybridized carbons (Fsp3) is 0.588. The fourth-order valence-corrected chi connectivity index (χ4v) is 3.72. The van der Waals surface area contributed by atoms with Gasteiger partial charge >= 0.3 is 0 Å². The quantitative estimate of drug-likeness (QED) is 0.837. The zero-order valence-corrected chi connectivity index (χ0v) is 12.4. The van der Waals surface area contributed by atoms with Gasteiger partial charge in [-0.1, -0.05) is 49.6 Å². The summed E-state index contributed by atoms with van der Waals surface area (Å²) >= 11 is 0. The number of nitrogens with one attached hydrogen (secondary N) is 2. The molecule has 0 aromatic heterocycles. The highest BCUT2D eigenvalue weighted by Gasteiger charge is 2.38. The van der Waals surface area contributed by atoms with Gasteiger partial charge in [0.25, 0.3) is 5.91 Å². The van der Waals surface area contributed by atoms with E-state index >= 15 is 0 Å². The largest absolute Gasteiger partial charge is 0.306 e. The molecule has 2 fully saturated rings. The highest BCUT2D eigenvalue weighted by Crippen LogP contribution is 2.36. The summed E-state index contributed by atoms with van der Waals surface area (Å²) in [5.41, 5.74) is 3.69. The number of hydroxylamine groups is 1. The molecule has 3 atom stereocenters. The van der Waals surface area contributed by atoms with Gasteiger partial charge in [-0.25, -0.2) is 5.48 Å². The Morgan fingerprint density at radius 2 is 2.00 bits per heavy atom. The van der Waals surface area contributed by atoms with E-state index in [4.69, 9.17) is 4.84 Å². The van der Waals surface area contributed by atoms with Crippen LogP contribution in [-0.2, 0) is 16.2 Å². The van der Waals surface area contributed by atoms with Gasteiger partial charge in [0.05, 0.1) is 12.6 Å². The lowest BCUT2D eigenvalue weighted by atomic mass is 9.71. The fourth-order valence-electron chi connectivity index (χ4n) is 3.72. The second-order valence-corrected chi connectivity index (χ2v) is 6.17. The molecular weight excluding hydrogens is 264 g/mol. The minimum atomic E-state index is -0.0835. The first-order valence-corrected chi connectivity index (χ1v) is 8.03. The smallest absolute Gasteiger partial charge is 0.260 e. The molecule has 3 rings (SSSR count). The van der Waals surface area contributed by atoms with E-state index in [9.17, 15) is 4.79 Å². The Labute approximate surface area is 126 Å². The molecule has 0 radical (unpaired) electrons. The van der Waals surface area contributed by atoms with Crippen LogP contribution in [0, 0.1) is 11.8 Å². The molecular formula is C17H24N2O2. The normalized spacial score (nSPS) is 28.7. The van der Waals surface area contributed by atoms with E-state index in [1.165, 1.54) is 25.7 Å². The lowest BCUT2D eigenvalue weighted by Crippen LogP contribution is -2.55. The van der Waals surface area contributed by atoms with Gasteiger partial charge in [0.2, 0.25) is 0 Å². The van der Waals surface area contributed by atoms with Gasteiger partial charge < -0.3 is 5.32 Å². The van der Waals surface area contributed by atoms with Crippen molar-refractivity contribution in [2.24, 2.45) is 11.8 Å². The van der Waals surface area contributed by atoms with Crippen LogP contribution in [0.1, 0.15) is 37.7 Å². The summed E-state index contributed by atoms with van der Waals surface area (Å²) < 4.78 is 0. The molecule has 4 heteroatoms. The monoisotopic (exact) mass is 288 g/mol. The van der Waals surface area contributed by atoms with Crippen molar-refractivity contribution in [3.63, 3.8) is 0 Å². The molecule has 3 unspecified atom stereocenters. The van der Waals surface area contributed by atoms with Crippen molar-refractivity contribution in [3.8, 4) is 0 Å². The van der Waals surface area contributed by atoms with Crippen LogP contribution in [0.4, 0.5) is 0 Å². The maximum absolute atomic E-state index is 12.3. The summed E-state index contributed by atoms with van der Waals surface area (Å²) in [7, 11) is 0. The van der Waals surface area contributed by atoms with Crippen LogP contribution in [0.3, 0.4) is 0 Å². The van der Waals surface area contributed by atoms with Gasteiger partial charge in [0, 0.05) is 0 Å². The number of fused-ring (bicyclic) bond motifs is 1. The Kier molecular flexibility index (Phi) is 4.88. The van der Waals surface area contributed by atoms with Gasteiger partial charge in [-0.15, -0.1) is 0 Å². The first-order chi connectivity index (χ1) is 10.3. The molecule has 1 aromatic carbocycles. The zero-order valence-electron chi connectivity index (χ0n) is 12.4. The lowest BCUT2D eigenvalue weighted by Gasteiger charge is -2.40. The van der Waals surface area contributed by atoms with Crippen molar-refractivity contribution in [2.45, 2.75) is 44.8 Å². The summed E-state index contributed by atoms with van der Waals surface area (Å²) in [6.45, 7) is 1.35. The van der Waals surface area contributed by atoms with Gasteiger partial charge in [-0.05, 0) is 36.8 Å². The Hall–Kier alpha value is -1.39. The van der Waals surface area contributed by atoms with Gasteiger partial charge in [-0.2, -0.15) is 0 Å². The number of rotatable bonds is 4. The van der Waals surface area contributed by atoms with Crippen LogP contribution in [0.2, 0.25) is 0 Å². The van der Waals surface area contributed by atoms with E-state index in [0.717, 1.165) is 18.5 Å². The minimum Gasteiger partial charge on any atom is -0.306 e. The second kappa shape index (κ2) is 7.05. The summed E-state index contributed by atoms with van der Waals surface area (Å²) in [5.74, 6) is 1.18. The standard InChI is InChI=1S/C17H24N2O2/c20-17(19-21-12-13-6-2-1-3-7-13)16-15-9-5-4-8-14(15)10-11-18-16/h1-3,6-7,14-16,18H,4-5,8-12H2,(H,19,20). The molecule has 0 spiro atoms. The van der Waals surface area contributed by atoms with Crippen molar-refractivity contribution >= 4 is 5.91 Å². The molecule has 1 heterocycles. The Bertz CT molecular complexity index is 461. The number of carbonyl (C=O) groups is 1. The predicted molar refractivity (Wildman–Crippen MR) is 81.2 cm³/mol. The summed E-state index contributed by atoms with van der Waals surface area (Å²) in [6.07, 6.45) is 6.21. The summed E-state index contributed by atoms with van der Waals surface area (Å²) in [4.78, 5) is 17.7. The van der Waals surface area contributed by atoms with E-state index < -0.39 is 0 Å². The van der Waals surface area contributed by atoms with E-state index in [0.29, 0.717) is 18.4 Å². The maximum atomic E-state index is 12.3. The molecule has 1 saturated carbocycles. The molecule has 4 nitrogen and oxygen atoms in total. The van der Waals surface area contributed by atoms with Crippen LogP contribution in [0.5, 0.6) is 0 Å². The third-order valence-corrected chi connectivity index (χ3v) is 4.81. The van der Waals surface area contributed by atoms with E-state index in [1.54, 1.807) is 0 Å². The summed E-state index contributed by atoms with van der Waals surface area (Å²) in [5, 5.41) is 3.37. The van der Waals surface area contributed by atoms with Crippen LogP contribution < -0.4 is 10.8 Å². The molecule has 1 aromatic rings. The highest BCUT2D eigenvalue weighted by molar-refractivity contribution is 5.81. The molecule has 1 aliphatic heterocycles. The number of hydrogen-bond acceptors (Lipinski definition) is 3. The highest BCUT2D eigenvalue weighted by atomic mass is 16.6. The lowest BCUT2D eigenvalue weighted by molar-refractivity contribution is -0.140. The third kappa shape index (κ3) is 3.63. The maximum Gasteiger partial charge on any atom is 0.260 e. The Morgan fingerprint density at radius 1 is 1.19 bits per heavy atom. The van der Waals surface area contributed by atoms with Crippen molar-refractivity contribution < 1.29 is 9.63 Å². The Morgan fingerprint density at radius 3 is 2.86 bits per heavy atom. The molecule has 1 aliphatic carbocycles. The molecule has 1 amide bonds. The molecule has 2 aliphatic rings. The SMILES string of the molecule is O=C(NOCc1ccccc1)C1NCCC2CCCCC21. The topological polar surface area (TPSA) is 50.4 Å². The van der Waals surface area contributed by atoms with Crippen LogP contribution in [-0.4, -0.2) is 18.5 Å². The molecule has 1 saturated heterocycles. The zero-order chi connectivity index (χ0) is 14.5. The number of hydrogen-bond donors (Lipinski definition) is 2. The van der Waals surface area contributed by atoms with Crippen LogP contribution >= 0.6 is 0 Å². The number of amides is 1. The van der Waals surface area contributed by atoms with Crippen LogP contribution in [0.15, 0.2) is 30.3 Å². The average Bonchev–Trinajstić information content (AvgIpc) is 2.55. The van der Waals surface area contributed by atoms with Gasteiger partial charge in [-0.3, -0.25) is 9.63 Å². The van der Waals surface area contributed by atoms with E-state index in [-0.39, 0.29) is 11.9 Å². The number of benzene rings is 1. The molecule has 2 N–H and O–H groups in total. The molecule has 114 valence electrons. The second-order valence-electron chi connectivity index (χ2n) is 6.17. The molecule has 21 heavy (non-hydrogen) atoms. The summed E-state index contributed by atoms with van der Waals surface area (Å²) in [6, 6.07) is 9.80. The third-order valence-electron chi connectivity index (χ3n) is 4.81. The first-order valence-electron chi connectivity index (χ1n) is 8.03. The number of carbonyl (C=O) groups excluding carboxylic acids is 1. The Balaban J connectivity index is 1.50. The van der Waals surface area contributed by atoms with E-state index in [2.05, 4.69) is 10.8 Å².